The Morgan fingerprint density at radius 1 is 1.50 bits per heavy atom. The summed E-state index contributed by atoms with van der Waals surface area (Å²) in [6.45, 7) is 9.52. The minimum Gasteiger partial charge on any atom is -0.337 e. The number of carbonyl (C=O) groups excluding carboxylic acids is 1. The molecule has 0 fully saturated rings. The van der Waals surface area contributed by atoms with E-state index in [9.17, 15) is 14.9 Å². The van der Waals surface area contributed by atoms with Crippen molar-refractivity contribution >= 4 is 50.6 Å². The lowest BCUT2D eigenvalue weighted by Crippen LogP contribution is -2.49. The second-order valence-corrected chi connectivity index (χ2v) is 9.96. The first-order valence-electron chi connectivity index (χ1n) is 9.32. The minimum absolute atomic E-state index is 0.0355. The molecule has 3 heterocycles. The molecule has 0 saturated heterocycles. The van der Waals surface area contributed by atoms with Crippen LogP contribution in [0.3, 0.4) is 0 Å². The van der Waals surface area contributed by atoms with Gasteiger partial charge >= 0.3 is 0 Å². The molecule has 1 atom stereocenters. The van der Waals surface area contributed by atoms with Gasteiger partial charge in [-0.05, 0) is 24.3 Å². The van der Waals surface area contributed by atoms with Crippen molar-refractivity contribution in [1.29, 1.82) is 5.26 Å². The molecule has 9 heteroatoms. The third-order valence-electron chi connectivity index (χ3n) is 4.88. The van der Waals surface area contributed by atoms with Crippen LogP contribution in [0.5, 0.6) is 0 Å². The van der Waals surface area contributed by atoms with E-state index in [2.05, 4.69) is 22.9 Å². The van der Waals surface area contributed by atoms with Gasteiger partial charge in [0, 0.05) is 22.4 Å². The fraction of sp³-hybridized carbons (Fsp3) is 0.333. The molecule has 0 aliphatic heterocycles. The van der Waals surface area contributed by atoms with Crippen molar-refractivity contribution in [2.24, 2.45) is 5.92 Å². The van der Waals surface area contributed by atoms with E-state index in [-0.39, 0.29) is 23.1 Å². The molecule has 0 bridgehead atoms. The zero-order chi connectivity index (χ0) is 21.9. The van der Waals surface area contributed by atoms with E-state index in [1.165, 1.54) is 23.1 Å². The van der Waals surface area contributed by atoms with Gasteiger partial charge in [-0.2, -0.15) is 5.26 Å². The van der Waals surface area contributed by atoms with Crippen LogP contribution in [-0.2, 0) is 11.3 Å². The second kappa shape index (κ2) is 9.16. The van der Waals surface area contributed by atoms with Gasteiger partial charge in [-0.1, -0.05) is 37.8 Å². The van der Waals surface area contributed by atoms with Gasteiger partial charge in [0.2, 0.25) is 5.91 Å². The molecule has 3 rings (SSSR count). The van der Waals surface area contributed by atoms with Crippen LogP contribution in [-0.4, -0.2) is 26.8 Å². The average molecular weight is 459 g/mol. The SMILES string of the molecule is C=CCn1c(SCC(=O)NC(C)(C#N)C(C)C)nc2scc(-c3cccs3)c2c1=O. The minimum atomic E-state index is -0.945. The van der Waals surface area contributed by atoms with Crippen LogP contribution < -0.4 is 10.9 Å². The Labute approximate surface area is 187 Å². The average Bonchev–Trinajstić information content (AvgIpc) is 3.38. The Balaban J connectivity index is 1.92. The van der Waals surface area contributed by atoms with E-state index in [0.717, 1.165) is 10.4 Å². The Morgan fingerprint density at radius 3 is 2.87 bits per heavy atom. The summed E-state index contributed by atoms with van der Waals surface area (Å²) in [7, 11) is 0. The summed E-state index contributed by atoms with van der Waals surface area (Å²) in [5.41, 5.74) is -0.202. The monoisotopic (exact) mass is 458 g/mol. The van der Waals surface area contributed by atoms with E-state index in [0.29, 0.717) is 21.9 Å². The number of nitrogens with zero attached hydrogens (tertiary/aromatic N) is 3. The van der Waals surface area contributed by atoms with Crippen LogP contribution in [0.25, 0.3) is 20.7 Å². The summed E-state index contributed by atoms with van der Waals surface area (Å²) in [6.07, 6.45) is 1.64. The van der Waals surface area contributed by atoms with Gasteiger partial charge in [-0.25, -0.2) is 4.98 Å². The number of carbonyl (C=O) groups is 1. The van der Waals surface area contributed by atoms with Gasteiger partial charge in [0.1, 0.15) is 10.4 Å². The van der Waals surface area contributed by atoms with Crippen molar-refractivity contribution in [2.75, 3.05) is 5.75 Å². The number of nitriles is 1. The number of fused-ring (bicyclic) bond motifs is 1. The van der Waals surface area contributed by atoms with Crippen LogP contribution >= 0.6 is 34.4 Å². The summed E-state index contributed by atoms with van der Waals surface area (Å²) in [5, 5.41) is 17.2. The van der Waals surface area contributed by atoms with Crippen LogP contribution in [0, 0.1) is 17.2 Å². The predicted octanol–water partition coefficient (Wildman–Crippen LogP) is 4.52. The van der Waals surface area contributed by atoms with Gasteiger partial charge < -0.3 is 5.32 Å². The molecule has 3 aromatic rings. The number of amides is 1. The van der Waals surface area contributed by atoms with E-state index in [4.69, 9.17) is 0 Å². The molecule has 1 unspecified atom stereocenters. The maximum atomic E-state index is 13.3. The highest BCUT2D eigenvalue weighted by atomic mass is 32.2. The van der Waals surface area contributed by atoms with E-state index < -0.39 is 5.54 Å². The van der Waals surface area contributed by atoms with Crippen molar-refractivity contribution < 1.29 is 4.79 Å². The lowest BCUT2D eigenvalue weighted by atomic mass is 9.90. The number of allylic oxidation sites excluding steroid dienone is 1. The van der Waals surface area contributed by atoms with Crippen LogP contribution in [0.1, 0.15) is 20.8 Å². The summed E-state index contributed by atoms with van der Waals surface area (Å²) < 4.78 is 1.54. The fourth-order valence-corrected chi connectivity index (χ4v) is 5.39. The Hall–Kier alpha value is -2.41. The number of nitrogens with one attached hydrogen (secondary N) is 1. The first kappa shape index (κ1) is 22.3. The number of hydrogen-bond acceptors (Lipinski definition) is 7. The van der Waals surface area contributed by atoms with E-state index in [1.807, 2.05) is 36.7 Å². The van der Waals surface area contributed by atoms with Crippen LogP contribution in [0.2, 0.25) is 0 Å². The molecule has 30 heavy (non-hydrogen) atoms. The molecule has 156 valence electrons. The lowest BCUT2D eigenvalue weighted by molar-refractivity contribution is -0.120. The highest BCUT2D eigenvalue weighted by Gasteiger charge is 2.30. The molecular weight excluding hydrogens is 436 g/mol. The zero-order valence-electron chi connectivity index (χ0n) is 17.0. The molecule has 1 N–H and O–H groups in total. The number of hydrogen-bond donors (Lipinski definition) is 1. The smallest absolute Gasteiger partial charge is 0.263 e. The zero-order valence-corrected chi connectivity index (χ0v) is 19.4. The topological polar surface area (TPSA) is 87.8 Å². The van der Waals surface area contributed by atoms with Crippen molar-refractivity contribution in [3.63, 3.8) is 0 Å². The fourth-order valence-electron chi connectivity index (χ4n) is 2.78. The number of aromatic nitrogens is 2. The molecule has 0 spiro atoms. The lowest BCUT2D eigenvalue weighted by Gasteiger charge is -2.27. The molecule has 3 aromatic heterocycles. The van der Waals surface area contributed by atoms with E-state index >= 15 is 0 Å². The first-order valence-corrected chi connectivity index (χ1v) is 12.1. The molecule has 0 saturated carbocycles. The normalized spacial score (nSPS) is 13.2. The summed E-state index contributed by atoms with van der Waals surface area (Å²) >= 11 is 4.18. The largest absolute Gasteiger partial charge is 0.337 e. The van der Waals surface area contributed by atoms with Gasteiger partial charge in [-0.3, -0.25) is 14.2 Å². The van der Waals surface area contributed by atoms with Crippen molar-refractivity contribution in [3.8, 4) is 16.5 Å². The van der Waals surface area contributed by atoms with Crippen molar-refractivity contribution in [3.05, 3.63) is 45.9 Å². The van der Waals surface area contributed by atoms with Crippen LogP contribution in [0.4, 0.5) is 0 Å². The molecule has 0 radical (unpaired) electrons. The first-order chi connectivity index (χ1) is 14.3. The molecule has 6 nitrogen and oxygen atoms in total. The van der Waals surface area contributed by atoms with Gasteiger partial charge in [0.05, 0.1) is 17.2 Å². The van der Waals surface area contributed by atoms with Crippen LogP contribution in [0.15, 0.2) is 45.5 Å². The Bertz CT molecular complexity index is 1170. The summed E-state index contributed by atoms with van der Waals surface area (Å²) in [4.78, 5) is 32.0. The van der Waals surface area contributed by atoms with Crippen molar-refractivity contribution in [1.82, 2.24) is 14.9 Å². The third kappa shape index (κ3) is 4.36. The van der Waals surface area contributed by atoms with Crippen molar-refractivity contribution in [2.45, 2.75) is 38.0 Å². The maximum absolute atomic E-state index is 13.3. The molecule has 0 aliphatic carbocycles. The molecule has 0 aromatic carbocycles. The molecule has 1 amide bonds. The summed E-state index contributed by atoms with van der Waals surface area (Å²) in [6, 6.07) is 6.10. The Kier molecular flexibility index (Phi) is 6.81. The standard InChI is InChI=1S/C21H22N4O2S3/c1-5-8-25-19(27)17-14(15-7-6-9-28-15)10-29-18(17)23-20(25)30-11-16(26)24-21(4,12-22)13(2)3/h5-7,9-10,13H,1,8,11H2,2-4H3,(H,24,26). The maximum Gasteiger partial charge on any atom is 0.263 e. The predicted molar refractivity (Wildman–Crippen MR) is 125 cm³/mol. The molecular formula is C21H22N4O2S3. The summed E-state index contributed by atoms with van der Waals surface area (Å²) in [5.74, 6) is -0.253. The number of rotatable bonds is 8. The highest BCUT2D eigenvalue weighted by molar-refractivity contribution is 7.99. The van der Waals surface area contributed by atoms with Gasteiger partial charge in [0.25, 0.3) is 5.56 Å². The Morgan fingerprint density at radius 2 is 2.27 bits per heavy atom. The second-order valence-electron chi connectivity index (χ2n) is 7.21. The van der Waals surface area contributed by atoms with Gasteiger partial charge in [0.15, 0.2) is 5.16 Å². The number of thioether (sulfide) groups is 1. The molecule has 0 aliphatic rings. The van der Waals surface area contributed by atoms with Gasteiger partial charge in [-0.15, -0.1) is 29.3 Å². The quantitative estimate of drug-likeness (QED) is 0.305. The highest BCUT2D eigenvalue weighted by Crippen LogP contribution is 2.34. The third-order valence-corrected chi connectivity index (χ3v) is 7.63. The number of thiophene rings is 2. The van der Waals surface area contributed by atoms with E-state index in [1.54, 1.807) is 28.9 Å².